The van der Waals surface area contributed by atoms with Crippen LogP contribution in [-0.2, 0) is 4.79 Å². The second kappa shape index (κ2) is 9.06. The van der Waals surface area contributed by atoms with Gasteiger partial charge < -0.3 is 9.64 Å². The summed E-state index contributed by atoms with van der Waals surface area (Å²) in [4.78, 5) is 15.0. The molecule has 1 aromatic rings. The number of hydrogen-bond acceptors (Lipinski definition) is 4. The second-order valence-electron chi connectivity index (χ2n) is 6.96. The summed E-state index contributed by atoms with van der Waals surface area (Å²) in [5.41, 5.74) is 0. The molecule has 2 heterocycles. The Labute approximate surface area is 144 Å². The summed E-state index contributed by atoms with van der Waals surface area (Å²) in [5.74, 6) is 0.764. The van der Waals surface area contributed by atoms with Crippen molar-refractivity contribution in [2.45, 2.75) is 51.0 Å². The summed E-state index contributed by atoms with van der Waals surface area (Å²) in [5, 5.41) is 4.58. The fraction of sp³-hybridized carbons (Fsp3) is 0.778. The monoisotopic (exact) mass is 334 g/mol. The van der Waals surface area contributed by atoms with E-state index in [4.69, 9.17) is 4.74 Å². The van der Waals surface area contributed by atoms with Crippen LogP contribution in [0.15, 0.2) is 12.3 Å². The lowest BCUT2D eigenvalue weighted by atomic mass is 9.96. The van der Waals surface area contributed by atoms with E-state index in [1.807, 2.05) is 11.0 Å². The molecule has 2 fully saturated rings. The van der Waals surface area contributed by atoms with Crippen LogP contribution in [-0.4, -0.2) is 65.3 Å². The predicted molar refractivity (Wildman–Crippen MR) is 93.2 cm³/mol. The Hall–Kier alpha value is -1.56. The predicted octanol–water partition coefficient (Wildman–Crippen LogP) is 2.32. The van der Waals surface area contributed by atoms with E-state index in [1.54, 1.807) is 0 Å². The molecular weight excluding hydrogens is 304 g/mol. The minimum Gasteiger partial charge on any atom is -0.477 e. The lowest BCUT2D eigenvalue weighted by Gasteiger charge is -2.32. The number of ether oxygens (including phenoxy) is 1. The third-order valence-electron chi connectivity index (χ3n) is 5.21. The minimum atomic E-state index is 0.570. The van der Waals surface area contributed by atoms with Crippen molar-refractivity contribution >= 4 is 6.41 Å². The molecule has 1 aliphatic carbocycles. The van der Waals surface area contributed by atoms with Crippen LogP contribution in [0.4, 0.5) is 0 Å². The van der Waals surface area contributed by atoms with Crippen molar-refractivity contribution in [2.75, 3.05) is 39.3 Å². The second-order valence-corrected chi connectivity index (χ2v) is 6.96. The van der Waals surface area contributed by atoms with Gasteiger partial charge in [0, 0.05) is 38.4 Å². The summed E-state index contributed by atoms with van der Waals surface area (Å²) < 4.78 is 7.89. The smallest absolute Gasteiger partial charge is 0.232 e. The van der Waals surface area contributed by atoms with Crippen molar-refractivity contribution in [2.24, 2.45) is 0 Å². The average molecular weight is 334 g/mol. The molecule has 0 aromatic carbocycles. The van der Waals surface area contributed by atoms with Gasteiger partial charge in [-0.2, -0.15) is 0 Å². The third kappa shape index (κ3) is 4.97. The number of carbonyl (C=O) groups excluding carboxylic acids is 1. The van der Waals surface area contributed by atoms with Gasteiger partial charge in [-0.1, -0.05) is 19.3 Å². The van der Waals surface area contributed by atoms with Gasteiger partial charge in [-0.05, 0) is 32.2 Å². The fourth-order valence-corrected chi connectivity index (χ4v) is 3.65. The van der Waals surface area contributed by atoms with Crippen LogP contribution >= 0.6 is 0 Å². The van der Waals surface area contributed by atoms with E-state index in [0.717, 1.165) is 64.5 Å². The summed E-state index contributed by atoms with van der Waals surface area (Å²) >= 11 is 0. The number of amides is 1. The van der Waals surface area contributed by atoms with E-state index in [9.17, 15) is 4.79 Å². The van der Waals surface area contributed by atoms with Crippen LogP contribution in [0.5, 0.6) is 5.88 Å². The van der Waals surface area contributed by atoms with E-state index < -0.39 is 0 Å². The SMILES string of the molecule is O=CN1CCN(CCCCOc2ccn(C3CCCCC3)n2)CC1. The maximum atomic E-state index is 10.7. The quantitative estimate of drug-likeness (QED) is 0.541. The maximum absolute atomic E-state index is 10.7. The number of unbranched alkanes of at least 4 members (excludes halogenated alkanes) is 1. The van der Waals surface area contributed by atoms with Crippen molar-refractivity contribution in [1.29, 1.82) is 0 Å². The molecule has 2 aliphatic rings. The topological polar surface area (TPSA) is 50.6 Å². The van der Waals surface area contributed by atoms with Crippen molar-refractivity contribution in [3.8, 4) is 5.88 Å². The number of nitrogens with zero attached hydrogens (tertiary/aromatic N) is 4. The van der Waals surface area contributed by atoms with E-state index in [2.05, 4.69) is 20.9 Å². The zero-order valence-corrected chi connectivity index (χ0v) is 14.6. The van der Waals surface area contributed by atoms with Crippen LogP contribution in [0.25, 0.3) is 0 Å². The molecule has 6 heteroatoms. The van der Waals surface area contributed by atoms with Crippen molar-refractivity contribution in [3.63, 3.8) is 0 Å². The number of piperazine rings is 1. The third-order valence-corrected chi connectivity index (χ3v) is 5.21. The molecule has 1 amide bonds. The highest BCUT2D eigenvalue weighted by molar-refractivity contribution is 5.47. The van der Waals surface area contributed by atoms with E-state index in [0.29, 0.717) is 6.04 Å². The molecule has 1 aromatic heterocycles. The average Bonchev–Trinajstić information content (AvgIpc) is 3.12. The molecule has 1 aliphatic heterocycles. The first-order chi connectivity index (χ1) is 11.8. The highest BCUT2D eigenvalue weighted by Gasteiger charge is 2.16. The number of carbonyl (C=O) groups is 1. The Bertz CT molecular complexity index is 491. The molecule has 0 spiro atoms. The molecule has 6 nitrogen and oxygen atoms in total. The number of hydrogen-bond donors (Lipinski definition) is 0. The first-order valence-corrected chi connectivity index (χ1v) is 9.45. The van der Waals surface area contributed by atoms with Crippen molar-refractivity contribution < 1.29 is 9.53 Å². The molecule has 0 bridgehead atoms. The lowest BCUT2D eigenvalue weighted by molar-refractivity contribution is -0.119. The van der Waals surface area contributed by atoms with Crippen LogP contribution < -0.4 is 4.74 Å². The highest BCUT2D eigenvalue weighted by Crippen LogP contribution is 2.28. The summed E-state index contributed by atoms with van der Waals surface area (Å²) in [7, 11) is 0. The van der Waals surface area contributed by atoms with Crippen LogP contribution in [0, 0.1) is 0 Å². The number of aromatic nitrogens is 2. The molecule has 3 rings (SSSR count). The van der Waals surface area contributed by atoms with Gasteiger partial charge in [0.25, 0.3) is 0 Å². The largest absolute Gasteiger partial charge is 0.477 e. The van der Waals surface area contributed by atoms with Gasteiger partial charge >= 0.3 is 0 Å². The summed E-state index contributed by atoms with van der Waals surface area (Å²) in [6.45, 7) is 5.52. The highest BCUT2D eigenvalue weighted by atomic mass is 16.5. The van der Waals surface area contributed by atoms with Gasteiger partial charge in [0.05, 0.1) is 12.6 Å². The van der Waals surface area contributed by atoms with Crippen LogP contribution in [0.1, 0.15) is 51.0 Å². The summed E-state index contributed by atoms with van der Waals surface area (Å²) in [6, 6.07) is 2.56. The molecule has 0 N–H and O–H groups in total. The Morgan fingerprint density at radius 2 is 1.92 bits per heavy atom. The van der Waals surface area contributed by atoms with Gasteiger partial charge in [-0.25, -0.2) is 0 Å². The first kappa shape index (κ1) is 17.3. The van der Waals surface area contributed by atoms with Gasteiger partial charge in [-0.15, -0.1) is 5.10 Å². The maximum Gasteiger partial charge on any atom is 0.232 e. The van der Waals surface area contributed by atoms with Crippen LogP contribution in [0.3, 0.4) is 0 Å². The molecule has 134 valence electrons. The van der Waals surface area contributed by atoms with Gasteiger partial charge in [0.1, 0.15) is 0 Å². The van der Waals surface area contributed by atoms with Gasteiger partial charge in [0.15, 0.2) is 0 Å². The first-order valence-electron chi connectivity index (χ1n) is 9.45. The van der Waals surface area contributed by atoms with Gasteiger partial charge in [0.2, 0.25) is 12.3 Å². The van der Waals surface area contributed by atoms with E-state index >= 15 is 0 Å². The van der Waals surface area contributed by atoms with Crippen LogP contribution in [0.2, 0.25) is 0 Å². The zero-order valence-electron chi connectivity index (χ0n) is 14.6. The minimum absolute atomic E-state index is 0.570. The summed E-state index contributed by atoms with van der Waals surface area (Å²) in [6.07, 6.45) is 11.7. The Balaban J connectivity index is 1.28. The molecule has 0 atom stereocenters. The van der Waals surface area contributed by atoms with Gasteiger partial charge in [-0.3, -0.25) is 14.4 Å². The Kier molecular flexibility index (Phi) is 6.52. The molecule has 1 saturated heterocycles. The lowest BCUT2D eigenvalue weighted by Crippen LogP contribution is -2.45. The van der Waals surface area contributed by atoms with Crippen molar-refractivity contribution in [3.05, 3.63) is 12.3 Å². The molecule has 0 radical (unpaired) electrons. The Morgan fingerprint density at radius 3 is 2.67 bits per heavy atom. The zero-order chi connectivity index (χ0) is 16.6. The molecular formula is C18H30N4O2. The fourth-order valence-electron chi connectivity index (χ4n) is 3.65. The molecule has 0 unspecified atom stereocenters. The van der Waals surface area contributed by atoms with Crippen molar-refractivity contribution in [1.82, 2.24) is 19.6 Å². The van der Waals surface area contributed by atoms with E-state index in [-0.39, 0.29) is 0 Å². The normalized spacial score (nSPS) is 20.2. The Morgan fingerprint density at radius 1 is 1.12 bits per heavy atom. The number of rotatable bonds is 8. The molecule has 24 heavy (non-hydrogen) atoms. The molecule has 1 saturated carbocycles. The van der Waals surface area contributed by atoms with E-state index in [1.165, 1.54) is 32.1 Å². The standard InChI is InChI=1S/C18H30N4O2/c23-16-21-13-11-20(12-14-21)9-4-5-15-24-18-8-10-22(19-18)17-6-2-1-3-7-17/h8,10,16-17H,1-7,9,11-15H2.